The van der Waals surface area contributed by atoms with Gasteiger partial charge in [-0.15, -0.1) is 0 Å². The largest absolute Gasteiger partial charge is 0.496 e. The molecule has 2 aromatic rings. The second-order valence-electron chi connectivity index (χ2n) is 9.36. The molecule has 4 rings (SSSR count). The van der Waals surface area contributed by atoms with E-state index in [0.717, 1.165) is 91.2 Å². The van der Waals surface area contributed by atoms with Crippen LogP contribution in [0.25, 0.3) is 11.1 Å². The Bertz CT molecular complexity index is 1010. The van der Waals surface area contributed by atoms with Crippen LogP contribution in [-0.2, 0) is 13.6 Å². The number of benzene rings is 1. The Morgan fingerprint density at radius 3 is 2.15 bits per heavy atom. The Morgan fingerprint density at radius 1 is 0.970 bits per heavy atom. The third-order valence-corrected chi connectivity index (χ3v) is 7.46. The number of aromatic nitrogens is 1. The number of hydrogen-bond donors (Lipinski definition) is 1. The second-order valence-corrected chi connectivity index (χ2v) is 9.36. The first kappa shape index (κ1) is 23.8. The maximum absolute atomic E-state index is 12.3. The first-order valence-corrected chi connectivity index (χ1v) is 12.0. The third kappa shape index (κ3) is 4.95. The fourth-order valence-corrected chi connectivity index (χ4v) is 5.24. The lowest BCUT2D eigenvalue weighted by Crippen LogP contribution is -2.52. The Labute approximate surface area is 197 Å². The number of aryl methyl sites for hydroxylation is 1. The molecule has 33 heavy (non-hydrogen) atoms. The summed E-state index contributed by atoms with van der Waals surface area (Å²) in [6.45, 7) is 11.3. The molecule has 2 fully saturated rings. The lowest BCUT2D eigenvalue weighted by atomic mass is 9.97. The third-order valence-electron chi connectivity index (χ3n) is 7.46. The quantitative estimate of drug-likeness (QED) is 0.724. The summed E-state index contributed by atoms with van der Waals surface area (Å²) in [5.41, 5.74) is 4.90. The summed E-state index contributed by atoms with van der Waals surface area (Å²) in [4.78, 5) is 17.5. The molecule has 3 heterocycles. The molecule has 0 saturated carbocycles. The van der Waals surface area contributed by atoms with E-state index in [0.29, 0.717) is 0 Å². The standard InChI is InChI=1S/C26H38N4O3/c1-18-19(2)26(31)28(3)16-22(18)20-14-24(32-4)23(25(15-20)33-5)17-29-10-12-30(13-11-29)21-6-8-27-9-7-21/h14-16,21,27H,6-13,17H2,1-5H3. The predicted molar refractivity (Wildman–Crippen MR) is 132 cm³/mol. The Morgan fingerprint density at radius 2 is 1.58 bits per heavy atom. The lowest BCUT2D eigenvalue weighted by Gasteiger charge is -2.41. The average Bonchev–Trinajstić information content (AvgIpc) is 2.86. The molecule has 0 amide bonds. The molecular formula is C26H38N4O3. The summed E-state index contributed by atoms with van der Waals surface area (Å²) in [5.74, 6) is 1.66. The highest BCUT2D eigenvalue weighted by molar-refractivity contribution is 5.72. The summed E-state index contributed by atoms with van der Waals surface area (Å²) in [6.07, 6.45) is 4.42. The lowest BCUT2D eigenvalue weighted by molar-refractivity contribution is 0.0776. The Balaban J connectivity index is 1.56. The van der Waals surface area contributed by atoms with E-state index < -0.39 is 0 Å². The molecule has 2 aliphatic rings. The molecule has 0 aliphatic carbocycles. The predicted octanol–water partition coefficient (Wildman–Crippen LogP) is 2.56. The van der Waals surface area contributed by atoms with Gasteiger partial charge in [-0.05, 0) is 63.0 Å². The van der Waals surface area contributed by atoms with E-state index in [1.807, 2.05) is 20.0 Å². The molecule has 0 spiro atoms. The number of hydrogen-bond acceptors (Lipinski definition) is 6. The van der Waals surface area contributed by atoms with Gasteiger partial charge in [-0.2, -0.15) is 0 Å². The number of rotatable bonds is 6. The maximum Gasteiger partial charge on any atom is 0.253 e. The van der Waals surface area contributed by atoms with E-state index in [1.165, 1.54) is 12.8 Å². The molecule has 1 N–H and O–H groups in total. The van der Waals surface area contributed by atoms with Crippen LogP contribution in [0.5, 0.6) is 11.5 Å². The van der Waals surface area contributed by atoms with Crippen molar-refractivity contribution in [2.24, 2.45) is 7.05 Å². The SMILES string of the molecule is COc1cc(-c2cn(C)c(=O)c(C)c2C)cc(OC)c1CN1CCN(C2CCNCC2)CC1. The van der Waals surface area contributed by atoms with Gasteiger partial charge in [-0.3, -0.25) is 14.6 Å². The van der Waals surface area contributed by atoms with Crippen molar-refractivity contribution in [2.45, 2.75) is 39.3 Å². The smallest absolute Gasteiger partial charge is 0.253 e. The van der Waals surface area contributed by atoms with Crippen LogP contribution in [0.3, 0.4) is 0 Å². The van der Waals surface area contributed by atoms with E-state index in [1.54, 1.807) is 25.8 Å². The highest BCUT2D eigenvalue weighted by atomic mass is 16.5. The number of piperidine rings is 1. The number of nitrogens with zero attached hydrogens (tertiary/aromatic N) is 3. The molecule has 1 aromatic heterocycles. The second kappa shape index (κ2) is 10.3. The summed E-state index contributed by atoms with van der Waals surface area (Å²) < 4.78 is 13.3. The van der Waals surface area contributed by atoms with Crippen molar-refractivity contribution in [1.29, 1.82) is 0 Å². The van der Waals surface area contributed by atoms with E-state index in [2.05, 4.69) is 27.2 Å². The summed E-state index contributed by atoms with van der Waals surface area (Å²) in [7, 11) is 5.23. The zero-order chi connectivity index (χ0) is 23.5. The van der Waals surface area contributed by atoms with Gasteiger partial charge in [0.15, 0.2) is 0 Å². The molecule has 0 radical (unpaired) electrons. The fraction of sp³-hybridized carbons (Fsp3) is 0.577. The molecule has 180 valence electrons. The van der Waals surface area contributed by atoms with Crippen molar-refractivity contribution in [3.05, 3.63) is 45.4 Å². The monoisotopic (exact) mass is 454 g/mol. The molecule has 0 bridgehead atoms. The number of methoxy groups -OCH3 is 2. The van der Waals surface area contributed by atoms with Gasteiger partial charge in [0.2, 0.25) is 0 Å². The van der Waals surface area contributed by atoms with Crippen LogP contribution in [0.15, 0.2) is 23.1 Å². The highest BCUT2D eigenvalue weighted by Crippen LogP contribution is 2.37. The van der Waals surface area contributed by atoms with Crippen LogP contribution >= 0.6 is 0 Å². The molecule has 2 saturated heterocycles. The normalized spacial score (nSPS) is 18.5. The average molecular weight is 455 g/mol. The zero-order valence-electron chi connectivity index (χ0n) is 20.7. The zero-order valence-corrected chi connectivity index (χ0v) is 20.7. The van der Waals surface area contributed by atoms with Gasteiger partial charge >= 0.3 is 0 Å². The summed E-state index contributed by atoms with van der Waals surface area (Å²) in [6, 6.07) is 4.88. The van der Waals surface area contributed by atoms with Crippen LogP contribution in [-0.4, -0.2) is 73.9 Å². The number of pyridine rings is 1. The topological polar surface area (TPSA) is 59.0 Å². The summed E-state index contributed by atoms with van der Waals surface area (Å²) in [5, 5.41) is 3.47. The van der Waals surface area contributed by atoms with Crippen LogP contribution in [0.1, 0.15) is 29.5 Å². The Kier molecular flexibility index (Phi) is 7.41. The van der Waals surface area contributed by atoms with Crippen molar-refractivity contribution < 1.29 is 9.47 Å². The van der Waals surface area contributed by atoms with Crippen LogP contribution in [0, 0.1) is 13.8 Å². The van der Waals surface area contributed by atoms with Gasteiger partial charge in [0.1, 0.15) is 11.5 Å². The molecule has 0 unspecified atom stereocenters. The van der Waals surface area contributed by atoms with Crippen molar-refractivity contribution >= 4 is 0 Å². The number of ether oxygens (including phenoxy) is 2. The molecule has 7 nitrogen and oxygen atoms in total. The van der Waals surface area contributed by atoms with Crippen LogP contribution in [0.2, 0.25) is 0 Å². The molecular weight excluding hydrogens is 416 g/mol. The first-order chi connectivity index (χ1) is 15.9. The van der Waals surface area contributed by atoms with Crippen molar-refractivity contribution in [3.63, 3.8) is 0 Å². The van der Waals surface area contributed by atoms with Crippen molar-refractivity contribution in [3.8, 4) is 22.6 Å². The van der Waals surface area contributed by atoms with E-state index in [-0.39, 0.29) is 5.56 Å². The fourth-order valence-electron chi connectivity index (χ4n) is 5.24. The van der Waals surface area contributed by atoms with Crippen LogP contribution in [0.4, 0.5) is 0 Å². The minimum Gasteiger partial charge on any atom is -0.496 e. The van der Waals surface area contributed by atoms with Gasteiger partial charge in [-0.25, -0.2) is 0 Å². The molecule has 2 aliphatic heterocycles. The van der Waals surface area contributed by atoms with Crippen LogP contribution < -0.4 is 20.3 Å². The van der Waals surface area contributed by atoms with Gasteiger partial charge in [0.05, 0.1) is 19.8 Å². The highest BCUT2D eigenvalue weighted by Gasteiger charge is 2.26. The van der Waals surface area contributed by atoms with E-state index >= 15 is 0 Å². The van der Waals surface area contributed by atoms with Crippen molar-refractivity contribution in [1.82, 2.24) is 19.7 Å². The Hall–Kier alpha value is -2.35. The van der Waals surface area contributed by atoms with E-state index in [9.17, 15) is 4.79 Å². The van der Waals surface area contributed by atoms with Gasteiger partial charge in [-0.1, -0.05) is 0 Å². The molecule has 0 atom stereocenters. The number of piperazine rings is 1. The van der Waals surface area contributed by atoms with Gasteiger partial charge in [0.25, 0.3) is 5.56 Å². The number of nitrogens with one attached hydrogen (secondary N) is 1. The minimum absolute atomic E-state index is 0.0374. The van der Waals surface area contributed by atoms with Crippen molar-refractivity contribution in [2.75, 3.05) is 53.5 Å². The maximum atomic E-state index is 12.3. The molecule has 1 aromatic carbocycles. The summed E-state index contributed by atoms with van der Waals surface area (Å²) >= 11 is 0. The molecule has 7 heteroatoms. The van der Waals surface area contributed by atoms with E-state index in [4.69, 9.17) is 9.47 Å². The first-order valence-electron chi connectivity index (χ1n) is 12.0. The minimum atomic E-state index is 0.0374. The van der Waals surface area contributed by atoms with Gasteiger partial charge < -0.3 is 19.4 Å². The van der Waals surface area contributed by atoms with Gasteiger partial charge in [0, 0.05) is 63.1 Å².